The molecule has 94 valence electrons. The van der Waals surface area contributed by atoms with Crippen molar-refractivity contribution in [1.29, 1.82) is 0 Å². The smallest absolute Gasteiger partial charge is 0.433 e. The van der Waals surface area contributed by atoms with Gasteiger partial charge in [-0.25, -0.2) is 4.98 Å². The minimum atomic E-state index is -4.48. The number of aromatic nitrogens is 2. The van der Waals surface area contributed by atoms with E-state index in [1.54, 1.807) is 24.5 Å². The number of hydrogen-bond donors (Lipinski definition) is 0. The van der Waals surface area contributed by atoms with Gasteiger partial charge in [0, 0.05) is 18.0 Å². The van der Waals surface area contributed by atoms with Crippen LogP contribution in [0.2, 0.25) is 0 Å². The highest BCUT2D eigenvalue weighted by atomic mass is 19.4. The van der Waals surface area contributed by atoms with Crippen molar-refractivity contribution in [2.24, 2.45) is 0 Å². The van der Waals surface area contributed by atoms with Gasteiger partial charge in [0.25, 0.3) is 0 Å². The molecule has 0 radical (unpaired) electrons. The van der Waals surface area contributed by atoms with Gasteiger partial charge in [-0.05, 0) is 29.8 Å². The Hall–Kier alpha value is -2.11. The van der Waals surface area contributed by atoms with Crippen LogP contribution in [0.3, 0.4) is 0 Å². The molecule has 0 aliphatic carbocycles. The second kappa shape index (κ2) is 4.64. The number of halogens is 3. The first-order chi connectivity index (χ1) is 8.52. The zero-order valence-electron chi connectivity index (χ0n) is 9.40. The Labute approximate surface area is 101 Å². The molecule has 2 aromatic heterocycles. The van der Waals surface area contributed by atoms with Crippen molar-refractivity contribution in [3.05, 3.63) is 42.4 Å². The minimum Gasteiger partial charge on any atom is -0.481 e. The highest BCUT2D eigenvalue weighted by molar-refractivity contribution is 5.68. The standard InChI is InChI=1S/C12H9F3N2O/c1-18-11-9(8-4-6-16-7-5-8)2-3-10(17-11)12(13,14)15/h2-7H,1H3. The lowest BCUT2D eigenvalue weighted by Gasteiger charge is -2.11. The summed E-state index contributed by atoms with van der Waals surface area (Å²) >= 11 is 0. The maximum atomic E-state index is 12.5. The number of rotatable bonds is 2. The van der Waals surface area contributed by atoms with E-state index in [2.05, 4.69) is 9.97 Å². The third kappa shape index (κ3) is 2.42. The third-order valence-corrected chi connectivity index (χ3v) is 2.34. The average molecular weight is 254 g/mol. The van der Waals surface area contributed by atoms with Crippen LogP contribution in [-0.2, 0) is 6.18 Å². The van der Waals surface area contributed by atoms with Crippen LogP contribution in [0.5, 0.6) is 5.88 Å². The lowest BCUT2D eigenvalue weighted by molar-refractivity contribution is -0.141. The van der Waals surface area contributed by atoms with Crippen LogP contribution in [0.15, 0.2) is 36.7 Å². The van der Waals surface area contributed by atoms with Crippen LogP contribution in [0.25, 0.3) is 11.1 Å². The van der Waals surface area contributed by atoms with Gasteiger partial charge in [-0.3, -0.25) is 4.98 Å². The highest BCUT2D eigenvalue weighted by Crippen LogP contribution is 2.33. The van der Waals surface area contributed by atoms with E-state index in [4.69, 9.17) is 4.74 Å². The summed E-state index contributed by atoms with van der Waals surface area (Å²) in [4.78, 5) is 7.31. The summed E-state index contributed by atoms with van der Waals surface area (Å²) in [7, 11) is 1.28. The first kappa shape index (κ1) is 12.3. The van der Waals surface area contributed by atoms with Crippen molar-refractivity contribution < 1.29 is 17.9 Å². The van der Waals surface area contributed by atoms with Gasteiger partial charge >= 0.3 is 6.18 Å². The molecule has 0 atom stereocenters. The quantitative estimate of drug-likeness (QED) is 0.825. The second-order valence-corrected chi connectivity index (χ2v) is 3.49. The Morgan fingerprint density at radius 1 is 1.06 bits per heavy atom. The van der Waals surface area contributed by atoms with Crippen LogP contribution in [-0.4, -0.2) is 17.1 Å². The number of alkyl halides is 3. The molecule has 6 heteroatoms. The van der Waals surface area contributed by atoms with E-state index in [-0.39, 0.29) is 5.88 Å². The lowest BCUT2D eigenvalue weighted by Crippen LogP contribution is -2.08. The average Bonchev–Trinajstić information content (AvgIpc) is 2.38. The monoisotopic (exact) mass is 254 g/mol. The number of hydrogen-bond acceptors (Lipinski definition) is 3. The molecular formula is C12H9F3N2O. The summed E-state index contributed by atoms with van der Waals surface area (Å²) in [6.45, 7) is 0. The van der Waals surface area contributed by atoms with Crippen LogP contribution in [0.4, 0.5) is 13.2 Å². The summed E-state index contributed by atoms with van der Waals surface area (Å²) in [6, 6.07) is 5.61. The van der Waals surface area contributed by atoms with E-state index < -0.39 is 11.9 Å². The second-order valence-electron chi connectivity index (χ2n) is 3.49. The van der Waals surface area contributed by atoms with Gasteiger partial charge in [0.05, 0.1) is 7.11 Å². The van der Waals surface area contributed by atoms with Crippen molar-refractivity contribution in [2.45, 2.75) is 6.18 Å². The number of nitrogens with zero attached hydrogens (tertiary/aromatic N) is 2. The molecule has 2 aromatic rings. The van der Waals surface area contributed by atoms with Gasteiger partial charge in [-0.2, -0.15) is 13.2 Å². The van der Waals surface area contributed by atoms with E-state index >= 15 is 0 Å². The van der Waals surface area contributed by atoms with Crippen LogP contribution in [0.1, 0.15) is 5.69 Å². The van der Waals surface area contributed by atoms with Crippen LogP contribution >= 0.6 is 0 Å². The molecule has 18 heavy (non-hydrogen) atoms. The molecular weight excluding hydrogens is 245 g/mol. The summed E-state index contributed by atoms with van der Waals surface area (Å²) < 4.78 is 42.4. The fourth-order valence-electron chi connectivity index (χ4n) is 1.51. The lowest BCUT2D eigenvalue weighted by atomic mass is 10.1. The van der Waals surface area contributed by atoms with Gasteiger partial charge in [0.15, 0.2) is 0 Å². The summed E-state index contributed by atoms with van der Waals surface area (Å²) in [6.07, 6.45) is -1.39. The SMILES string of the molecule is COc1nc(C(F)(F)F)ccc1-c1ccncc1. The third-order valence-electron chi connectivity index (χ3n) is 2.34. The molecule has 3 nitrogen and oxygen atoms in total. The predicted molar refractivity (Wildman–Crippen MR) is 59.0 cm³/mol. The van der Waals surface area contributed by atoms with Gasteiger partial charge in [-0.15, -0.1) is 0 Å². The fraction of sp³-hybridized carbons (Fsp3) is 0.167. The van der Waals surface area contributed by atoms with E-state index in [1.165, 1.54) is 13.2 Å². The molecule has 0 saturated heterocycles. The van der Waals surface area contributed by atoms with Crippen molar-refractivity contribution >= 4 is 0 Å². The van der Waals surface area contributed by atoms with Gasteiger partial charge in [0.1, 0.15) is 5.69 Å². The number of pyridine rings is 2. The van der Waals surface area contributed by atoms with E-state index in [0.717, 1.165) is 6.07 Å². The zero-order chi connectivity index (χ0) is 13.2. The van der Waals surface area contributed by atoms with Crippen LogP contribution < -0.4 is 4.74 Å². The highest BCUT2D eigenvalue weighted by Gasteiger charge is 2.33. The number of ether oxygens (including phenoxy) is 1. The van der Waals surface area contributed by atoms with Crippen molar-refractivity contribution in [3.63, 3.8) is 0 Å². The molecule has 2 rings (SSSR count). The predicted octanol–water partition coefficient (Wildman–Crippen LogP) is 3.17. The molecule has 0 aliphatic heterocycles. The summed E-state index contributed by atoms with van der Waals surface area (Å²) in [5, 5.41) is 0. The Balaban J connectivity index is 2.51. The van der Waals surface area contributed by atoms with Crippen molar-refractivity contribution in [3.8, 4) is 17.0 Å². The molecule has 0 bridgehead atoms. The Morgan fingerprint density at radius 2 is 1.72 bits per heavy atom. The largest absolute Gasteiger partial charge is 0.481 e. The van der Waals surface area contributed by atoms with Crippen molar-refractivity contribution in [2.75, 3.05) is 7.11 Å². The zero-order valence-corrected chi connectivity index (χ0v) is 9.40. The van der Waals surface area contributed by atoms with E-state index in [9.17, 15) is 13.2 Å². The van der Waals surface area contributed by atoms with Crippen molar-refractivity contribution in [1.82, 2.24) is 9.97 Å². The normalized spacial score (nSPS) is 11.3. The minimum absolute atomic E-state index is 0.0592. The molecule has 0 aliphatic rings. The molecule has 0 aromatic carbocycles. The maximum absolute atomic E-state index is 12.5. The van der Waals surface area contributed by atoms with Gasteiger partial charge in [-0.1, -0.05) is 0 Å². The molecule has 0 saturated carbocycles. The first-order valence-electron chi connectivity index (χ1n) is 5.05. The molecule has 0 unspecified atom stereocenters. The summed E-state index contributed by atoms with van der Waals surface area (Å²) in [5.74, 6) is -0.0592. The number of methoxy groups -OCH3 is 1. The topological polar surface area (TPSA) is 35.0 Å². The Bertz CT molecular complexity index is 541. The molecule has 2 heterocycles. The maximum Gasteiger partial charge on any atom is 0.433 e. The van der Waals surface area contributed by atoms with Gasteiger partial charge < -0.3 is 4.74 Å². The molecule has 0 amide bonds. The molecule has 0 fully saturated rings. The first-order valence-corrected chi connectivity index (χ1v) is 5.05. The molecule has 0 spiro atoms. The van der Waals surface area contributed by atoms with Crippen LogP contribution in [0, 0.1) is 0 Å². The summed E-state index contributed by atoms with van der Waals surface area (Å²) in [5.41, 5.74) is 0.216. The van der Waals surface area contributed by atoms with E-state index in [0.29, 0.717) is 11.1 Å². The van der Waals surface area contributed by atoms with E-state index in [1.807, 2.05) is 0 Å². The Kier molecular flexibility index (Phi) is 3.18. The fourth-order valence-corrected chi connectivity index (χ4v) is 1.51. The molecule has 0 N–H and O–H groups in total. The van der Waals surface area contributed by atoms with Gasteiger partial charge in [0.2, 0.25) is 5.88 Å². The Morgan fingerprint density at radius 3 is 2.28 bits per heavy atom.